The third-order valence-corrected chi connectivity index (χ3v) is 2.15. The van der Waals surface area contributed by atoms with Gasteiger partial charge in [-0.3, -0.25) is 0 Å². The minimum atomic E-state index is -0.962. The Morgan fingerprint density at radius 2 is 2.27 bits per heavy atom. The van der Waals surface area contributed by atoms with Gasteiger partial charge in [0.15, 0.2) is 0 Å². The maximum Gasteiger partial charge on any atom is 0.407 e. The molecular formula is C7H13NO3. The molecule has 0 bridgehead atoms. The Morgan fingerprint density at radius 1 is 1.73 bits per heavy atom. The molecular weight excluding hydrogens is 146 g/mol. The third kappa shape index (κ3) is 1.83. The maximum atomic E-state index is 10.4. The van der Waals surface area contributed by atoms with E-state index in [-0.39, 0.29) is 12.6 Å². The van der Waals surface area contributed by atoms with Gasteiger partial charge in [-0.25, -0.2) is 4.79 Å². The van der Waals surface area contributed by atoms with Gasteiger partial charge in [0.2, 0.25) is 0 Å². The zero-order valence-corrected chi connectivity index (χ0v) is 6.53. The summed E-state index contributed by atoms with van der Waals surface area (Å²) in [6.45, 7) is -0.0620. The molecule has 1 aliphatic rings. The van der Waals surface area contributed by atoms with Crippen LogP contribution in [0.2, 0.25) is 0 Å². The molecule has 1 unspecified atom stereocenters. The number of hydrogen-bond acceptors (Lipinski definition) is 2. The van der Waals surface area contributed by atoms with Crippen molar-refractivity contribution in [2.24, 2.45) is 5.92 Å². The summed E-state index contributed by atoms with van der Waals surface area (Å²) in [5.41, 5.74) is 0. The van der Waals surface area contributed by atoms with E-state index in [1.165, 1.54) is 11.9 Å². The highest BCUT2D eigenvalue weighted by atomic mass is 16.4. The molecule has 1 aliphatic carbocycles. The first kappa shape index (κ1) is 8.33. The topological polar surface area (TPSA) is 60.8 Å². The van der Waals surface area contributed by atoms with E-state index in [1.807, 2.05) is 0 Å². The molecule has 4 nitrogen and oxygen atoms in total. The summed E-state index contributed by atoms with van der Waals surface area (Å²) in [7, 11) is 1.50. The van der Waals surface area contributed by atoms with Crippen molar-refractivity contribution in [1.29, 1.82) is 0 Å². The molecule has 1 rings (SSSR count). The quantitative estimate of drug-likeness (QED) is 0.625. The second kappa shape index (κ2) is 3.09. The fraction of sp³-hybridized carbons (Fsp3) is 0.857. The van der Waals surface area contributed by atoms with Crippen molar-refractivity contribution in [3.05, 3.63) is 0 Å². The first-order valence-electron chi connectivity index (χ1n) is 3.73. The molecule has 0 aliphatic heterocycles. The van der Waals surface area contributed by atoms with Gasteiger partial charge in [0, 0.05) is 7.05 Å². The zero-order chi connectivity index (χ0) is 8.43. The van der Waals surface area contributed by atoms with Gasteiger partial charge in [0.25, 0.3) is 0 Å². The van der Waals surface area contributed by atoms with Crippen molar-refractivity contribution >= 4 is 6.09 Å². The molecule has 0 aromatic heterocycles. The monoisotopic (exact) mass is 159 g/mol. The SMILES string of the molecule is CN(C(=O)O)C(CO)C1CC1. The lowest BCUT2D eigenvalue weighted by Crippen LogP contribution is -2.39. The summed E-state index contributed by atoms with van der Waals surface area (Å²) in [6, 6.07) is -0.188. The fourth-order valence-electron chi connectivity index (χ4n) is 1.21. The van der Waals surface area contributed by atoms with Crippen molar-refractivity contribution < 1.29 is 15.0 Å². The van der Waals surface area contributed by atoms with Crippen LogP contribution in [0, 0.1) is 5.92 Å². The van der Waals surface area contributed by atoms with Crippen LogP contribution in [0.25, 0.3) is 0 Å². The lowest BCUT2D eigenvalue weighted by atomic mass is 10.2. The van der Waals surface area contributed by atoms with Gasteiger partial charge in [-0.05, 0) is 18.8 Å². The van der Waals surface area contributed by atoms with E-state index in [1.54, 1.807) is 0 Å². The van der Waals surface area contributed by atoms with Crippen molar-refractivity contribution in [2.45, 2.75) is 18.9 Å². The van der Waals surface area contributed by atoms with Crippen LogP contribution >= 0.6 is 0 Å². The summed E-state index contributed by atoms with van der Waals surface area (Å²) in [5.74, 6) is 0.390. The van der Waals surface area contributed by atoms with E-state index in [9.17, 15) is 4.79 Å². The van der Waals surface area contributed by atoms with Gasteiger partial charge >= 0.3 is 6.09 Å². The normalized spacial score (nSPS) is 19.5. The van der Waals surface area contributed by atoms with E-state index >= 15 is 0 Å². The van der Waals surface area contributed by atoms with E-state index < -0.39 is 6.09 Å². The zero-order valence-electron chi connectivity index (χ0n) is 6.53. The second-order valence-corrected chi connectivity index (χ2v) is 2.98. The molecule has 1 fully saturated rings. The molecule has 11 heavy (non-hydrogen) atoms. The number of hydrogen-bond donors (Lipinski definition) is 2. The van der Waals surface area contributed by atoms with Crippen molar-refractivity contribution in [3.8, 4) is 0 Å². The highest BCUT2D eigenvalue weighted by Crippen LogP contribution is 2.34. The summed E-state index contributed by atoms with van der Waals surface area (Å²) >= 11 is 0. The van der Waals surface area contributed by atoms with E-state index in [0.717, 1.165) is 12.8 Å². The summed E-state index contributed by atoms with van der Waals surface area (Å²) < 4.78 is 0. The lowest BCUT2D eigenvalue weighted by Gasteiger charge is -2.23. The first-order valence-corrected chi connectivity index (χ1v) is 3.73. The Balaban J connectivity index is 2.45. The Bertz CT molecular complexity index is 156. The number of aliphatic hydroxyl groups is 1. The van der Waals surface area contributed by atoms with E-state index in [4.69, 9.17) is 10.2 Å². The van der Waals surface area contributed by atoms with Crippen LogP contribution in [-0.2, 0) is 0 Å². The van der Waals surface area contributed by atoms with Crippen molar-refractivity contribution in [3.63, 3.8) is 0 Å². The molecule has 2 N–H and O–H groups in total. The minimum Gasteiger partial charge on any atom is -0.465 e. The lowest BCUT2D eigenvalue weighted by molar-refractivity contribution is 0.104. The summed E-state index contributed by atoms with van der Waals surface area (Å²) in [5, 5.41) is 17.4. The molecule has 1 saturated carbocycles. The van der Waals surface area contributed by atoms with Gasteiger partial charge in [0.05, 0.1) is 12.6 Å². The smallest absolute Gasteiger partial charge is 0.407 e. The number of carboxylic acid groups (broad SMARTS) is 1. The maximum absolute atomic E-state index is 10.4. The van der Waals surface area contributed by atoms with Crippen LogP contribution in [0.3, 0.4) is 0 Å². The average molecular weight is 159 g/mol. The van der Waals surface area contributed by atoms with Crippen molar-refractivity contribution in [1.82, 2.24) is 4.90 Å². The third-order valence-electron chi connectivity index (χ3n) is 2.15. The number of nitrogens with zero attached hydrogens (tertiary/aromatic N) is 1. The summed E-state index contributed by atoms with van der Waals surface area (Å²) in [6.07, 6.45) is 1.13. The van der Waals surface area contributed by atoms with Crippen molar-refractivity contribution in [2.75, 3.05) is 13.7 Å². The number of aliphatic hydroxyl groups excluding tert-OH is 1. The van der Waals surface area contributed by atoms with E-state index in [0.29, 0.717) is 5.92 Å². The molecule has 0 radical (unpaired) electrons. The number of likely N-dealkylation sites (N-methyl/N-ethyl adjacent to an activating group) is 1. The Kier molecular flexibility index (Phi) is 2.34. The number of rotatable bonds is 3. The predicted molar refractivity (Wildman–Crippen MR) is 39.4 cm³/mol. The summed E-state index contributed by atoms with van der Waals surface area (Å²) in [4.78, 5) is 11.6. The van der Waals surface area contributed by atoms with Crippen LogP contribution in [0.15, 0.2) is 0 Å². The molecule has 4 heteroatoms. The van der Waals surface area contributed by atoms with Gasteiger partial charge in [-0.2, -0.15) is 0 Å². The van der Waals surface area contributed by atoms with Gasteiger partial charge < -0.3 is 15.1 Å². The Morgan fingerprint density at radius 3 is 2.55 bits per heavy atom. The Labute approximate surface area is 65.4 Å². The molecule has 1 atom stereocenters. The minimum absolute atomic E-state index is 0.0620. The molecule has 0 spiro atoms. The van der Waals surface area contributed by atoms with Gasteiger partial charge in [-0.1, -0.05) is 0 Å². The molecule has 1 amide bonds. The number of amides is 1. The standard InChI is InChI=1S/C7H13NO3/c1-8(7(10)11)6(4-9)5-2-3-5/h5-6,9H,2-4H2,1H3,(H,10,11). The average Bonchev–Trinajstić information content (AvgIpc) is 2.72. The molecule has 0 heterocycles. The van der Waals surface area contributed by atoms with E-state index in [2.05, 4.69) is 0 Å². The highest BCUT2D eigenvalue weighted by molar-refractivity contribution is 5.65. The van der Waals surface area contributed by atoms with Crippen LogP contribution in [0.5, 0.6) is 0 Å². The highest BCUT2D eigenvalue weighted by Gasteiger charge is 2.35. The first-order chi connectivity index (χ1) is 5.16. The predicted octanol–water partition coefficient (Wildman–Crippen LogP) is 0.367. The van der Waals surface area contributed by atoms with Crippen LogP contribution in [0.1, 0.15) is 12.8 Å². The molecule has 0 saturated heterocycles. The number of carbonyl (C=O) groups is 1. The largest absolute Gasteiger partial charge is 0.465 e. The second-order valence-electron chi connectivity index (χ2n) is 2.98. The van der Waals surface area contributed by atoms with Gasteiger partial charge in [-0.15, -0.1) is 0 Å². The van der Waals surface area contributed by atoms with Crippen LogP contribution < -0.4 is 0 Å². The molecule has 0 aromatic carbocycles. The molecule has 64 valence electrons. The van der Waals surface area contributed by atoms with Crippen LogP contribution in [-0.4, -0.2) is 40.9 Å². The Hall–Kier alpha value is -0.770. The van der Waals surface area contributed by atoms with Gasteiger partial charge in [0.1, 0.15) is 0 Å². The fourth-order valence-corrected chi connectivity index (χ4v) is 1.21. The molecule has 0 aromatic rings. The van der Waals surface area contributed by atoms with Crippen LogP contribution in [0.4, 0.5) is 4.79 Å².